The molecule has 0 bridgehead atoms. The summed E-state index contributed by atoms with van der Waals surface area (Å²) in [7, 11) is 0. The summed E-state index contributed by atoms with van der Waals surface area (Å²) in [4.78, 5) is 6.99. The second-order valence-corrected chi connectivity index (χ2v) is 5.70. The van der Waals surface area contributed by atoms with Gasteiger partial charge in [-0.15, -0.1) is 0 Å². The van der Waals surface area contributed by atoms with Crippen molar-refractivity contribution < 1.29 is 0 Å². The highest BCUT2D eigenvalue weighted by molar-refractivity contribution is 5.63. The van der Waals surface area contributed by atoms with Gasteiger partial charge in [-0.1, -0.05) is 18.2 Å². The van der Waals surface area contributed by atoms with Gasteiger partial charge in [-0.3, -0.25) is 4.57 Å². The van der Waals surface area contributed by atoms with E-state index in [1.165, 1.54) is 31.6 Å². The molecule has 1 aromatic heterocycles. The van der Waals surface area contributed by atoms with Crippen LogP contribution in [0.15, 0.2) is 67.0 Å². The average molecular weight is 289 g/mol. The Balaban J connectivity index is 1.67. The first-order valence-corrected chi connectivity index (χ1v) is 7.86. The normalized spacial score (nSPS) is 14.5. The Morgan fingerprint density at radius 2 is 1.50 bits per heavy atom. The summed E-state index contributed by atoms with van der Waals surface area (Å²) in [6, 6.07) is 19.1. The summed E-state index contributed by atoms with van der Waals surface area (Å²) in [5.74, 6) is 0.985. The van der Waals surface area contributed by atoms with Gasteiger partial charge in [0.1, 0.15) is 5.82 Å². The second kappa shape index (κ2) is 5.68. The van der Waals surface area contributed by atoms with Crippen LogP contribution in [0.3, 0.4) is 0 Å². The van der Waals surface area contributed by atoms with E-state index in [1.807, 2.05) is 18.5 Å². The number of hydrogen-bond donors (Lipinski definition) is 0. The SMILES string of the molecule is c1ccc(-n2ccnc2-c2ccc(N3CCCC3)cc2)cc1. The molecule has 110 valence electrons. The Labute approximate surface area is 130 Å². The molecule has 0 unspecified atom stereocenters. The predicted molar refractivity (Wildman–Crippen MR) is 90.4 cm³/mol. The van der Waals surface area contributed by atoms with E-state index in [2.05, 4.69) is 63.0 Å². The molecule has 3 heteroatoms. The van der Waals surface area contributed by atoms with Crippen molar-refractivity contribution in [1.29, 1.82) is 0 Å². The molecule has 3 nitrogen and oxygen atoms in total. The number of hydrogen-bond acceptors (Lipinski definition) is 2. The number of aromatic nitrogens is 2. The molecular weight excluding hydrogens is 270 g/mol. The van der Waals surface area contributed by atoms with Crippen molar-refractivity contribution in [3.8, 4) is 17.1 Å². The highest BCUT2D eigenvalue weighted by atomic mass is 15.1. The van der Waals surface area contributed by atoms with E-state index < -0.39 is 0 Å². The van der Waals surface area contributed by atoms with Crippen LogP contribution in [0.1, 0.15) is 12.8 Å². The lowest BCUT2D eigenvalue weighted by atomic mass is 10.1. The Morgan fingerprint density at radius 1 is 0.773 bits per heavy atom. The van der Waals surface area contributed by atoms with Crippen molar-refractivity contribution in [1.82, 2.24) is 9.55 Å². The van der Waals surface area contributed by atoms with Gasteiger partial charge in [0.05, 0.1) is 0 Å². The molecule has 1 aliphatic heterocycles. The van der Waals surface area contributed by atoms with Crippen LogP contribution in [0.25, 0.3) is 17.1 Å². The van der Waals surface area contributed by atoms with Crippen LogP contribution in [0, 0.1) is 0 Å². The van der Waals surface area contributed by atoms with Crippen LogP contribution in [-0.4, -0.2) is 22.6 Å². The van der Waals surface area contributed by atoms with E-state index in [0.29, 0.717) is 0 Å². The monoisotopic (exact) mass is 289 g/mol. The number of benzene rings is 2. The second-order valence-electron chi connectivity index (χ2n) is 5.70. The third-order valence-electron chi connectivity index (χ3n) is 4.27. The smallest absolute Gasteiger partial charge is 0.144 e. The van der Waals surface area contributed by atoms with Crippen LogP contribution in [0.4, 0.5) is 5.69 Å². The first-order valence-electron chi connectivity index (χ1n) is 7.86. The summed E-state index contributed by atoms with van der Waals surface area (Å²) in [6.07, 6.45) is 6.48. The van der Waals surface area contributed by atoms with Crippen molar-refractivity contribution in [2.75, 3.05) is 18.0 Å². The van der Waals surface area contributed by atoms with Gasteiger partial charge < -0.3 is 4.90 Å². The molecule has 2 heterocycles. The van der Waals surface area contributed by atoms with Crippen molar-refractivity contribution in [3.63, 3.8) is 0 Å². The van der Waals surface area contributed by atoms with Crippen LogP contribution in [0.5, 0.6) is 0 Å². The van der Waals surface area contributed by atoms with Gasteiger partial charge in [-0.05, 0) is 49.2 Å². The molecule has 22 heavy (non-hydrogen) atoms. The van der Waals surface area contributed by atoms with Gasteiger partial charge in [-0.2, -0.15) is 0 Å². The minimum absolute atomic E-state index is 0.985. The van der Waals surface area contributed by atoms with Gasteiger partial charge >= 0.3 is 0 Å². The minimum Gasteiger partial charge on any atom is -0.372 e. The van der Waals surface area contributed by atoms with E-state index in [0.717, 1.165) is 17.1 Å². The van der Waals surface area contributed by atoms with E-state index in [4.69, 9.17) is 0 Å². The molecule has 1 aliphatic rings. The van der Waals surface area contributed by atoms with Crippen molar-refractivity contribution in [3.05, 3.63) is 67.0 Å². The van der Waals surface area contributed by atoms with E-state index in [9.17, 15) is 0 Å². The van der Waals surface area contributed by atoms with Crippen LogP contribution < -0.4 is 4.90 Å². The molecule has 0 N–H and O–H groups in total. The third kappa shape index (κ3) is 2.39. The topological polar surface area (TPSA) is 21.1 Å². The number of rotatable bonds is 3. The lowest BCUT2D eigenvalue weighted by molar-refractivity contribution is 0.949. The maximum absolute atomic E-state index is 4.54. The summed E-state index contributed by atoms with van der Waals surface area (Å²) in [6.45, 7) is 2.36. The number of imidazole rings is 1. The highest BCUT2D eigenvalue weighted by Crippen LogP contribution is 2.26. The first-order chi connectivity index (χ1) is 10.9. The molecule has 0 radical (unpaired) electrons. The third-order valence-corrected chi connectivity index (χ3v) is 4.27. The Morgan fingerprint density at radius 3 is 2.23 bits per heavy atom. The van der Waals surface area contributed by atoms with Gasteiger partial charge in [0.15, 0.2) is 0 Å². The van der Waals surface area contributed by atoms with Gasteiger partial charge in [0.25, 0.3) is 0 Å². The van der Waals surface area contributed by atoms with Crippen molar-refractivity contribution >= 4 is 5.69 Å². The fraction of sp³-hybridized carbons (Fsp3) is 0.211. The summed E-state index contributed by atoms with van der Waals surface area (Å²) in [5, 5.41) is 0. The summed E-state index contributed by atoms with van der Waals surface area (Å²) in [5.41, 5.74) is 3.61. The van der Waals surface area contributed by atoms with Crippen molar-refractivity contribution in [2.45, 2.75) is 12.8 Å². The summed E-state index contributed by atoms with van der Waals surface area (Å²) < 4.78 is 2.13. The number of anilines is 1. The molecule has 0 aliphatic carbocycles. The average Bonchev–Trinajstić information content (AvgIpc) is 3.28. The molecule has 0 amide bonds. The summed E-state index contributed by atoms with van der Waals surface area (Å²) >= 11 is 0. The predicted octanol–water partition coefficient (Wildman–Crippen LogP) is 4.14. The van der Waals surface area contributed by atoms with E-state index in [1.54, 1.807) is 0 Å². The van der Waals surface area contributed by atoms with Crippen LogP contribution in [0.2, 0.25) is 0 Å². The Kier molecular flexibility index (Phi) is 3.39. The quantitative estimate of drug-likeness (QED) is 0.722. The molecule has 3 aromatic rings. The maximum atomic E-state index is 4.54. The lowest BCUT2D eigenvalue weighted by Gasteiger charge is -2.17. The molecule has 1 fully saturated rings. The molecule has 2 aromatic carbocycles. The van der Waals surface area contributed by atoms with Crippen LogP contribution in [-0.2, 0) is 0 Å². The van der Waals surface area contributed by atoms with Crippen LogP contribution >= 0.6 is 0 Å². The molecule has 0 spiro atoms. The zero-order chi connectivity index (χ0) is 14.8. The van der Waals surface area contributed by atoms with E-state index in [-0.39, 0.29) is 0 Å². The zero-order valence-corrected chi connectivity index (χ0v) is 12.5. The fourth-order valence-corrected chi connectivity index (χ4v) is 3.11. The largest absolute Gasteiger partial charge is 0.372 e. The fourth-order valence-electron chi connectivity index (χ4n) is 3.11. The highest BCUT2D eigenvalue weighted by Gasteiger charge is 2.13. The minimum atomic E-state index is 0.985. The first kappa shape index (κ1) is 13.1. The molecule has 0 atom stereocenters. The van der Waals surface area contributed by atoms with Gasteiger partial charge in [-0.25, -0.2) is 4.98 Å². The Bertz CT molecular complexity index is 738. The standard InChI is InChI=1S/C19H19N3/c1-2-6-18(7-3-1)22-15-12-20-19(22)16-8-10-17(11-9-16)21-13-4-5-14-21/h1-3,6-12,15H,4-5,13-14H2. The van der Waals surface area contributed by atoms with Gasteiger partial charge in [0.2, 0.25) is 0 Å². The lowest BCUT2D eigenvalue weighted by Crippen LogP contribution is -2.17. The molecular formula is C19H19N3. The molecule has 4 rings (SSSR count). The zero-order valence-electron chi connectivity index (χ0n) is 12.5. The number of nitrogens with zero attached hydrogens (tertiary/aromatic N) is 3. The molecule has 1 saturated heterocycles. The van der Waals surface area contributed by atoms with Gasteiger partial charge in [0, 0.05) is 42.4 Å². The maximum Gasteiger partial charge on any atom is 0.144 e. The Hall–Kier alpha value is -2.55. The number of para-hydroxylation sites is 1. The molecule has 0 saturated carbocycles. The van der Waals surface area contributed by atoms with E-state index >= 15 is 0 Å². The van der Waals surface area contributed by atoms with Crippen molar-refractivity contribution in [2.24, 2.45) is 0 Å².